The van der Waals surface area contributed by atoms with Gasteiger partial charge in [0.25, 0.3) is 0 Å². The Morgan fingerprint density at radius 2 is 2.11 bits per heavy atom. The Morgan fingerprint density at radius 3 is 2.71 bits per heavy atom. The molecule has 2 heterocycles. The molecule has 3 rings (SSSR count). The van der Waals surface area contributed by atoms with E-state index < -0.39 is 39.7 Å². The second kappa shape index (κ2) is 7.97. The molecule has 7 nitrogen and oxygen atoms in total. The Hall–Kier alpha value is -1.69. The third-order valence-electron chi connectivity index (χ3n) is 5.13. The number of benzene rings is 1. The summed E-state index contributed by atoms with van der Waals surface area (Å²) in [6, 6.07) is 2.26. The molecule has 0 aliphatic carbocycles. The van der Waals surface area contributed by atoms with Crippen LogP contribution in [0, 0.1) is 0 Å². The molecule has 1 fully saturated rings. The van der Waals surface area contributed by atoms with Crippen molar-refractivity contribution in [1.82, 2.24) is 9.37 Å². The van der Waals surface area contributed by atoms with Gasteiger partial charge >= 0.3 is 6.18 Å². The fraction of sp³-hybridized carbons (Fsp3) is 0.588. The van der Waals surface area contributed by atoms with Gasteiger partial charge in [0, 0.05) is 19.7 Å². The van der Waals surface area contributed by atoms with Crippen LogP contribution >= 0.6 is 0 Å². The maximum atomic E-state index is 12.9. The number of alkyl halides is 3. The van der Waals surface area contributed by atoms with Crippen LogP contribution in [-0.2, 0) is 38.7 Å². The van der Waals surface area contributed by atoms with E-state index >= 15 is 0 Å². The van der Waals surface area contributed by atoms with Crippen LogP contribution in [0.3, 0.4) is 0 Å². The van der Waals surface area contributed by atoms with E-state index in [1.807, 2.05) is 0 Å². The highest BCUT2D eigenvalue weighted by atomic mass is 32.2. The van der Waals surface area contributed by atoms with Crippen molar-refractivity contribution in [3.63, 3.8) is 0 Å². The molecular formula is C17H21F3N2O5S. The summed E-state index contributed by atoms with van der Waals surface area (Å²) in [5, 5.41) is 10.1. The normalized spacial score (nSPS) is 21.9. The quantitative estimate of drug-likeness (QED) is 0.429. The van der Waals surface area contributed by atoms with E-state index in [1.54, 1.807) is 0 Å². The summed E-state index contributed by atoms with van der Waals surface area (Å²) < 4.78 is 71.1. The molecule has 1 aromatic carbocycles. The number of hydrogen-bond donors (Lipinski definition) is 1. The number of carbonyl (C=O) groups is 1. The minimum absolute atomic E-state index is 0.117. The van der Waals surface area contributed by atoms with Gasteiger partial charge in [-0.05, 0) is 42.5 Å². The molecule has 156 valence electrons. The monoisotopic (exact) mass is 422 g/mol. The fourth-order valence-electron chi connectivity index (χ4n) is 3.60. The van der Waals surface area contributed by atoms with Gasteiger partial charge in [0.1, 0.15) is 6.04 Å². The fourth-order valence-corrected chi connectivity index (χ4v) is 5.32. The van der Waals surface area contributed by atoms with E-state index in [2.05, 4.69) is 0 Å². The lowest BCUT2D eigenvalue weighted by atomic mass is 9.98. The smallest absolute Gasteiger partial charge is 0.376 e. The first kappa shape index (κ1) is 21.0. The van der Waals surface area contributed by atoms with Crippen LogP contribution in [0.25, 0.3) is 0 Å². The van der Waals surface area contributed by atoms with Crippen molar-refractivity contribution in [1.29, 1.82) is 0 Å². The molecule has 0 aromatic heterocycles. The van der Waals surface area contributed by atoms with Crippen LogP contribution in [0.4, 0.5) is 13.2 Å². The molecule has 1 aromatic rings. The van der Waals surface area contributed by atoms with E-state index in [-0.39, 0.29) is 25.9 Å². The highest BCUT2D eigenvalue weighted by Crippen LogP contribution is 2.33. The van der Waals surface area contributed by atoms with Gasteiger partial charge < -0.3 is 4.74 Å². The first-order valence-electron chi connectivity index (χ1n) is 8.83. The van der Waals surface area contributed by atoms with Crippen LogP contribution in [0.1, 0.15) is 29.5 Å². The average Bonchev–Trinajstić information content (AvgIpc) is 3.18. The van der Waals surface area contributed by atoms with Crippen molar-refractivity contribution in [2.24, 2.45) is 0 Å². The van der Waals surface area contributed by atoms with Crippen LogP contribution in [0.5, 0.6) is 0 Å². The van der Waals surface area contributed by atoms with Crippen LogP contribution in [0.15, 0.2) is 18.2 Å². The molecule has 1 saturated heterocycles. The predicted octanol–water partition coefficient (Wildman–Crippen LogP) is 1.79. The largest absolute Gasteiger partial charge is 0.416 e. The molecule has 2 aliphatic rings. The number of hydroxylamine groups is 2. The zero-order valence-electron chi connectivity index (χ0n) is 14.9. The van der Waals surface area contributed by atoms with Crippen LogP contribution in [-0.4, -0.2) is 60.5 Å². The Labute approximate surface area is 160 Å². The predicted molar refractivity (Wildman–Crippen MR) is 91.8 cm³/mol. The van der Waals surface area contributed by atoms with Crippen molar-refractivity contribution < 1.29 is 36.3 Å². The van der Waals surface area contributed by atoms with E-state index in [1.165, 1.54) is 6.07 Å². The zero-order valence-corrected chi connectivity index (χ0v) is 15.7. The molecular weight excluding hydrogens is 401 g/mol. The highest BCUT2D eigenvalue weighted by Gasteiger charge is 2.38. The number of carbonyl (C=O) groups excluding carboxylic acids is 1. The Bertz CT molecular complexity index is 825. The van der Waals surface area contributed by atoms with Gasteiger partial charge in [0.05, 0.1) is 17.4 Å². The third kappa shape index (κ3) is 4.48. The summed E-state index contributed by atoms with van der Waals surface area (Å²) >= 11 is 0. The number of nitrogens with zero attached hydrogens (tertiary/aromatic N) is 2. The minimum Gasteiger partial charge on any atom is -0.376 e. The average molecular weight is 422 g/mol. The van der Waals surface area contributed by atoms with Gasteiger partial charge in [-0.1, -0.05) is 6.07 Å². The van der Waals surface area contributed by atoms with Crippen molar-refractivity contribution in [2.45, 2.75) is 44.1 Å². The van der Waals surface area contributed by atoms with Crippen molar-refractivity contribution in [3.8, 4) is 0 Å². The van der Waals surface area contributed by atoms with Gasteiger partial charge in [-0.2, -0.15) is 17.5 Å². The van der Waals surface area contributed by atoms with Crippen molar-refractivity contribution in [3.05, 3.63) is 34.9 Å². The van der Waals surface area contributed by atoms with E-state index in [0.717, 1.165) is 16.4 Å². The Balaban J connectivity index is 1.79. The van der Waals surface area contributed by atoms with Crippen molar-refractivity contribution in [2.75, 3.05) is 18.9 Å². The van der Waals surface area contributed by atoms with E-state index in [9.17, 15) is 31.6 Å². The maximum absolute atomic E-state index is 12.9. The molecule has 1 amide bonds. The van der Waals surface area contributed by atoms with E-state index in [4.69, 9.17) is 4.74 Å². The van der Waals surface area contributed by atoms with Gasteiger partial charge in [0.2, 0.25) is 16.4 Å². The minimum atomic E-state index is -4.51. The molecule has 28 heavy (non-hydrogen) atoms. The molecule has 0 bridgehead atoms. The number of fused-ring (bicyclic) bond motifs is 1. The Kier molecular flexibility index (Phi) is 5.99. The van der Waals surface area contributed by atoms with Crippen molar-refractivity contribution >= 4 is 16.4 Å². The van der Waals surface area contributed by atoms with Gasteiger partial charge in [0.15, 0.2) is 0 Å². The number of ether oxygens (including phenoxy) is 1. The molecule has 0 radical (unpaired) electrons. The lowest BCUT2D eigenvalue weighted by molar-refractivity contribution is -0.168. The maximum Gasteiger partial charge on any atom is 0.416 e. The van der Waals surface area contributed by atoms with Crippen LogP contribution in [0.2, 0.25) is 0 Å². The Morgan fingerprint density at radius 1 is 1.36 bits per heavy atom. The summed E-state index contributed by atoms with van der Waals surface area (Å²) in [5.74, 6) is -0.568. The zero-order chi connectivity index (χ0) is 20.5. The number of sulfonamides is 1. The third-order valence-corrected chi connectivity index (χ3v) is 6.99. The molecule has 1 N–H and O–H groups in total. The second-order valence-corrected chi connectivity index (χ2v) is 8.96. The van der Waals surface area contributed by atoms with Gasteiger partial charge in [-0.15, -0.1) is 0 Å². The van der Waals surface area contributed by atoms with E-state index in [0.29, 0.717) is 35.6 Å². The summed E-state index contributed by atoms with van der Waals surface area (Å²) in [4.78, 5) is 11.0. The summed E-state index contributed by atoms with van der Waals surface area (Å²) in [6.07, 6.45) is -3.52. The lowest BCUT2D eigenvalue weighted by Crippen LogP contribution is -2.49. The molecule has 2 aliphatic heterocycles. The summed E-state index contributed by atoms with van der Waals surface area (Å²) in [6.45, 7) is 0.336. The van der Waals surface area contributed by atoms with Gasteiger partial charge in [-0.25, -0.2) is 13.5 Å². The number of amides is 1. The lowest BCUT2D eigenvalue weighted by Gasteiger charge is -2.32. The molecule has 0 spiro atoms. The number of rotatable bonds is 6. The number of halogens is 3. The SMILES string of the molecule is O=CN(O)[C@@H](CS(=O)(=O)N1CCc2ccc(C(F)(F)F)cc2C1)[C@H]1CCCO1. The first-order valence-corrected chi connectivity index (χ1v) is 10.4. The first-order chi connectivity index (χ1) is 13.1. The van der Waals surface area contributed by atoms with Gasteiger partial charge in [-0.3, -0.25) is 10.0 Å². The standard InChI is InChI=1S/C17H21F3N2O5S/c18-17(19,20)14-4-3-12-5-6-21(9-13(12)8-14)28(25,26)10-15(22(24)11-23)16-2-1-7-27-16/h3-4,8,11,15-16,24H,1-2,5-7,9-10H2/t15-,16+/m0/s1. The second-order valence-electron chi connectivity index (χ2n) is 6.95. The molecule has 11 heteroatoms. The highest BCUT2D eigenvalue weighted by molar-refractivity contribution is 7.89. The topological polar surface area (TPSA) is 87.2 Å². The van der Waals surface area contributed by atoms with Crippen LogP contribution < -0.4 is 0 Å². The summed E-state index contributed by atoms with van der Waals surface area (Å²) in [5.41, 5.74) is 0.145. The molecule has 0 saturated carbocycles. The summed E-state index contributed by atoms with van der Waals surface area (Å²) in [7, 11) is -3.95. The molecule has 0 unspecified atom stereocenters. The number of hydrogen-bond acceptors (Lipinski definition) is 5. The molecule has 2 atom stereocenters.